The van der Waals surface area contributed by atoms with Crippen molar-refractivity contribution in [2.45, 2.75) is 19.6 Å². The number of rotatable bonds is 5. The number of Topliss-reactive ketones (excluding diaryl/α,β-unsaturated/α-hetero) is 1. The van der Waals surface area contributed by atoms with Crippen molar-refractivity contribution >= 4 is 11.7 Å². The molecule has 0 aliphatic rings. The normalized spacial score (nSPS) is 11.4. The minimum absolute atomic E-state index is 0.0530. The summed E-state index contributed by atoms with van der Waals surface area (Å²) in [6.07, 6.45) is -3.43. The number of furan rings is 1. The van der Waals surface area contributed by atoms with Crippen LogP contribution in [0.1, 0.15) is 27.6 Å². The van der Waals surface area contributed by atoms with E-state index >= 15 is 0 Å². The first-order valence-corrected chi connectivity index (χ1v) is 7.62. The number of carbonyl (C=O) groups excluding carboxylic acids is 2. The van der Waals surface area contributed by atoms with Crippen LogP contribution in [0.5, 0.6) is 0 Å². The van der Waals surface area contributed by atoms with Crippen LogP contribution in [0.2, 0.25) is 0 Å². The summed E-state index contributed by atoms with van der Waals surface area (Å²) in [4.78, 5) is 27.0. The van der Waals surface area contributed by atoms with Gasteiger partial charge in [-0.05, 0) is 36.2 Å². The Morgan fingerprint density at radius 1 is 1.22 bits per heavy atom. The van der Waals surface area contributed by atoms with Crippen molar-refractivity contribution in [3.8, 4) is 11.4 Å². The van der Waals surface area contributed by atoms with E-state index in [0.717, 1.165) is 0 Å². The van der Waals surface area contributed by atoms with Crippen LogP contribution in [-0.2, 0) is 17.5 Å². The monoisotopic (exact) mass is 379 g/mol. The van der Waals surface area contributed by atoms with Crippen molar-refractivity contribution in [2.75, 3.05) is 0 Å². The summed E-state index contributed by atoms with van der Waals surface area (Å²) in [5.41, 5.74) is 1.66. The molecule has 0 spiro atoms. The van der Waals surface area contributed by atoms with Crippen LogP contribution >= 0.6 is 0 Å². The number of benzene rings is 1. The molecule has 3 aromatic rings. The largest absolute Gasteiger partial charge is 0.471 e. The van der Waals surface area contributed by atoms with Gasteiger partial charge in [0.1, 0.15) is 0 Å². The second-order valence-electron chi connectivity index (χ2n) is 5.55. The first-order chi connectivity index (χ1) is 12.8. The van der Waals surface area contributed by atoms with Crippen LogP contribution in [0.4, 0.5) is 13.2 Å². The minimum Gasteiger partial charge on any atom is -0.461 e. The molecule has 2 aromatic heterocycles. The molecular formula is C17H12F3N3O4. The average Bonchev–Trinajstić information content (AvgIpc) is 3.30. The SMILES string of the molecule is Cc1cc(-c2noc(C(F)(F)F)n2)ccc1CNC(=O)C(=O)c1ccco1. The van der Waals surface area contributed by atoms with Crippen LogP contribution in [0.25, 0.3) is 11.4 Å². The molecule has 0 aliphatic carbocycles. The number of hydrogen-bond acceptors (Lipinski definition) is 6. The highest BCUT2D eigenvalue weighted by molar-refractivity contribution is 6.41. The van der Waals surface area contributed by atoms with Gasteiger partial charge < -0.3 is 14.3 Å². The lowest BCUT2D eigenvalue weighted by atomic mass is 10.0. The predicted molar refractivity (Wildman–Crippen MR) is 84.4 cm³/mol. The molecular weight excluding hydrogens is 367 g/mol. The predicted octanol–water partition coefficient (Wildman–Crippen LogP) is 3.16. The Morgan fingerprint density at radius 3 is 2.59 bits per heavy atom. The zero-order valence-corrected chi connectivity index (χ0v) is 13.8. The molecule has 3 rings (SSSR count). The summed E-state index contributed by atoms with van der Waals surface area (Å²) >= 11 is 0. The molecule has 2 heterocycles. The van der Waals surface area contributed by atoms with Gasteiger partial charge in [-0.1, -0.05) is 17.3 Å². The van der Waals surface area contributed by atoms with Gasteiger partial charge in [-0.3, -0.25) is 9.59 Å². The van der Waals surface area contributed by atoms with Crippen LogP contribution in [0.15, 0.2) is 45.5 Å². The molecule has 0 saturated heterocycles. The Kier molecular flexibility index (Phi) is 4.80. The number of halogens is 3. The Labute approximate surface area is 150 Å². The Hall–Kier alpha value is -3.43. The highest BCUT2D eigenvalue weighted by Crippen LogP contribution is 2.29. The van der Waals surface area contributed by atoms with Crippen molar-refractivity contribution in [3.63, 3.8) is 0 Å². The van der Waals surface area contributed by atoms with E-state index in [-0.39, 0.29) is 18.1 Å². The van der Waals surface area contributed by atoms with Gasteiger partial charge in [-0.15, -0.1) is 0 Å². The van der Waals surface area contributed by atoms with Crippen LogP contribution < -0.4 is 5.32 Å². The maximum atomic E-state index is 12.5. The molecule has 0 aliphatic heterocycles. The van der Waals surface area contributed by atoms with E-state index in [0.29, 0.717) is 16.7 Å². The van der Waals surface area contributed by atoms with Crippen molar-refractivity contribution in [1.29, 1.82) is 0 Å². The van der Waals surface area contributed by atoms with Gasteiger partial charge in [0.05, 0.1) is 6.26 Å². The minimum atomic E-state index is -4.72. The molecule has 0 unspecified atom stereocenters. The number of carbonyl (C=O) groups is 2. The summed E-state index contributed by atoms with van der Waals surface area (Å²) in [5, 5.41) is 5.78. The highest BCUT2D eigenvalue weighted by atomic mass is 19.4. The lowest BCUT2D eigenvalue weighted by Gasteiger charge is -2.08. The van der Waals surface area contributed by atoms with Gasteiger partial charge in [0.25, 0.3) is 11.7 Å². The zero-order chi connectivity index (χ0) is 19.6. The molecule has 0 radical (unpaired) electrons. The third kappa shape index (κ3) is 4.05. The van der Waals surface area contributed by atoms with E-state index in [1.54, 1.807) is 19.1 Å². The zero-order valence-electron chi connectivity index (χ0n) is 13.8. The van der Waals surface area contributed by atoms with Crippen molar-refractivity contribution in [3.05, 3.63) is 59.4 Å². The van der Waals surface area contributed by atoms with Crippen LogP contribution in [0.3, 0.4) is 0 Å². The number of nitrogens with one attached hydrogen (secondary N) is 1. The molecule has 7 nitrogen and oxygen atoms in total. The maximum Gasteiger partial charge on any atom is 0.471 e. The van der Waals surface area contributed by atoms with Gasteiger partial charge >= 0.3 is 12.1 Å². The molecule has 10 heteroatoms. The number of nitrogens with zero attached hydrogens (tertiary/aromatic N) is 2. The number of amides is 1. The van der Waals surface area contributed by atoms with Gasteiger partial charge in [-0.25, -0.2) is 0 Å². The molecule has 0 fully saturated rings. The van der Waals surface area contributed by atoms with E-state index < -0.39 is 23.8 Å². The van der Waals surface area contributed by atoms with Gasteiger partial charge in [0.2, 0.25) is 5.82 Å². The third-order valence-electron chi connectivity index (χ3n) is 3.66. The smallest absolute Gasteiger partial charge is 0.461 e. The molecule has 27 heavy (non-hydrogen) atoms. The maximum absolute atomic E-state index is 12.5. The molecule has 1 aromatic carbocycles. The summed E-state index contributed by atoms with van der Waals surface area (Å²) in [6.45, 7) is 1.75. The van der Waals surface area contributed by atoms with Gasteiger partial charge in [0, 0.05) is 12.1 Å². The topological polar surface area (TPSA) is 98.2 Å². The number of hydrogen-bond donors (Lipinski definition) is 1. The van der Waals surface area contributed by atoms with Gasteiger partial charge in [-0.2, -0.15) is 18.2 Å². The molecule has 0 atom stereocenters. The fourth-order valence-electron chi connectivity index (χ4n) is 2.26. The van der Waals surface area contributed by atoms with Crippen LogP contribution in [0, 0.1) is 6.92 Å². The Balaban J connectivity index is 1.69. The quantitative estimate of drug-likeness (QED) is 0.540. The fraction of sp³-hybridized carbons (Fsp3) is 0.176. The van der Waals surface area contributed by atoms with Gasteiger partial charge in [0.15, 0.2) is 5.76 Å². The second-order valence-corrected chi connectivity index (χ2v) is 5.55. The van der Waals surface area contributed by atoms with E-state index in [4.69, 9.17) is 4.42 Å². The standard InChI is InChI=1S/C17H12F3N3O4/c1-9-7-10(14-22-16(27-23-14)17(18,19)20)4-5-11(9)8-21-15(25)13(24)12-3-2-6-26-12/h2-7H,8H2,1H3,(H,21,25). The molecule has 0 saturated carbocycles. The highest BCUT2D eigenvalue weighted by Gasteiger charge is 2.38. The fourth-order valence-corrected chi connectivity index (χ4v) is 2.26. The Morgan fingerprint density at radius 2 is 2.00 bits per heavy atom. The van der Waals surface area contributed by atoms with Crippen LogP contribution in [-0.4, -0.2) is 21.8 Å². The van der Waals surface area contributed by atoms with Crippen molar-refractivity contribution in [2.24, 2.45) is 0 Å². The lowest BCUT2D eigenvalue weighted by molar-refractivity contribution is -0.159. The first kappa shape index (κ1) is 18.4. The first-order valence-electron chi connectivity index (χ1n) is 7.62. The summed E-state index contributed by atoms with van der Waals surface area (Å²) in [6, 6.07) is 7.51. The molecule has 1 amide bonds. The average molecular weight is 379 g/mol. The number of ketones is 1. The number of aromatic nitrogens is 2. The third-order valence-corrected chi connectivity index (χ3v) is 3.66. The molecule has 1 N–H and O–H groups in total. The van der Waals surface area contributed by atoms with E-state index in [1.807, 2.05) is 0 Å². The molecule has 0 bridgehead atoms. The Bertz CT molecular complexity index is 978. The van der Waals surface area contributed by atoms with Crippen molar-refractivity contribution < 1.29 is 31.7 Å². The summed E-state index contributed by atoms with van der Waals surface area (Å²) in [7, 11) is 0. The summed E-state index contributed by atoms with van der Waals surface area (Å²) in [5.74, 6) is -3.34. The molecule has 140 valence electrons. The van der Waals surface area contributed by atoms with E-state index in [1.165, 1.54) is 24.5 Å². The van der Waals surface area contributed by atoms with Crippen molar-refractivity contribution in [1.82, 2.24) is 15.5 Å². The summed E-state index contributed by atoms with van der Waals surface area (Å²) < 4.78 is 46.7. The lowest BCUT2D eigenvalue weighted by Crippen LogP contribution is -2.30. The van der Waals surface area contributed by atoms with E-state index in [9.17, 15) is 22.8 Å². The second kappa shape index (κ2) is 7.06. The number of aryl methyl sites for hydroxylation is 1. The number of alkyl halides is 3. The van der Waals surface area contributed by atoms with E-state index in [2.05, 4.69) is 20.0 Å².